The van der Waals surface area contributed by atoms with Crippen molar-refractivity contribution in [1.82, 2.24) is 10.3 Å². The number of rotatable bonds is 6. The van der Waals surface area contributed by atoms with Gasteiger partial charge in [-0.1, -0.05) is 11.6 Å². The maximum atomic E-state index is 12.0. The van der Waals surface area contributed by atoms with Gasteiger partial charge in [0.25, 0.3) is 0 Å². The summed E-state index contributed by atoms with van der Waals surface area (Å²) < 4.78 is 5.32. The lowest BCUT2D eigenvalue weighted by Gasteiger charge is -2.06. The number of nitrogens with one attached hydrogen (secondary N) is 1. The van der Waals surface area contributed by atoms with Crippen LogP contribution in [0, 0.1) is 6.92 Å². The van der Waals surface area contributed by atoms with Crippen molar-refractivity contribution in [2.75, 3.05) is 13.7 Å². The first-order chi connectivity index (χ1) is 12.2. The van der Waals surface area contributed by atoms with E-state index in [9.17, 15) is 4.79 Å². The van der Waals surface area contributed by atoms with E-state index in [1.54, 1.807) is 30.6 Å². The number of amides is 1. The van der Waals surface area contributed by atoms with Crippen LogP contribution in [0.4, 0.5) is 0 Å². The molecule has 3 rings (SSSR count). The molecule has 0 saturated carbocycles. The van der Waals surface area contributed by atoms with E-state index in [4.69, 9.17) is 9.72 Å². The van der Waals surface area contributed by atoms with Gasteiger partial charge in [-0.15, -0.1) is 11.3 Å². The second-order valence-electron chi connectivity index (χ2n) is 6.30. The van der Waals surface area contributed by atoms with Crippen molar-refractivity contribution in [3.8, 4) is 5.75 Å². The zero-order valence-corrected chi connectivity index (χ0v) is 15.6. The monoisotopic (exact) mass is 356 g/mol. The first-order valence-electron chi connectivity index (χ1n) is 8.73. The van der Waals surface area contributed by atoms with E-state index in [0.717, 1.165) is 34.7 Å². The molecular formula is C20H24N2O2S. The molecule has 2 aromatic rings. The van der Waals surface area contributed by atoms with Crippen molar-refractivity contribution in [3.63, 3.8) is 0 Å². The van der Waals surface area contributed by atoms with Crippen LogP contribution in [0.25, 0.3) is 6.08 Å². The van der Waals surface area contributed by atoms with Gasteiger partial charge >= 0.3 is 0 Å². The molecule has 0 saturated heterocycles. The van der Waals surface area contributed by atoms with Crippen molar-refractivity contribution in [2.45, 2.75) is 39.0 Å². The summed E-state index contributed by atoms with van der Waals surface area (Å²) in [6.45, 7) is 2.63. The maximum Gasteiger partial charge on any atom is 0.244 e. The highest BCUT2D eigenvalue weighted by molar-refractivity contribution is 7.11. The predicted molar refractivity (Wildman–Crippen MR) is 102 cm³/mol. The fourth-order valence-electron chi connectivity index (χ4n) is 3.01. The van der Waals surface area contributed by atoms with E-state index < -0.39 is 0 Å². The molecule has 1 heterocycles. The van der Waals surface area contributed by atoms with Crippen LogP contribution in [0.15, 0.2) is 24.3 Å². The molecule has 0 aliphatic heterocycles. The highest BCUT2D eigenvalue weighted by atomic mass is 32.1. The zero-order chi connectivity index (χ0) is 17.6. The Hall–Kier alpha value is -2.14. The summed E-state index contributed by atoms with van der Waals surface area (Å²) in [4.78, 5) is 18.2. The van der Waals surface area contributed by atoms with Crippen LogP contribution >= 0.6 is 11.3 Å². The van der Waals surface area contributed by atoms with Crippen LogP contribution in [-0.2, 0) is 24.1 Å². The molecule has 0 fully saturated rings. The van der Waals surface area contributed by atoms with Crippen molar-refractivity contribution in [1.29, 1.82) is 0 Å². The van der Waals surface area contributed by atoms with Gasteiger partial charge in [-0.05, 0) is 50.8 Å². The number of carbonyl (C=O) groups excluding carboxylic acids is 1. The number of methoxy groups -OCH3 is 1. The minimum atomic E-state index is -0.0927. The average Bonchev–Trinajstić information content (AvgIpc) is 3.03. The molecule has 0 spiro atoms. The number of aromatic nitrogens is 1. The van der Waals surface area contributed by atoms with Gasteiger partial charge in [-0.2, -0.15) is 0 Å². The van der Waals surface area contributed by atoms with Gasteiger partial charge in [0.2, 0.25) is 5.91 Å². The third kappa shape index (κ3) is 4.69. The molecule has 25 heavy (non-hydrogen) atoms. The zero-order valence-electron chi connectivity index (χ0n) is 14.8. The lowest BCUT2D eigenvalue weighted by atomic mass is 10.0. The summed E-state index contributed by atoms with van der Waals surface area (Å²) in [6.07, 6.45) is 8.96. The summed E-state index contributed by atoms with van der Waals surface area (Å²) in [5, 5.41) is 4.07. The van der Waals surface area contributed by atoms with E-state index in [2.05, 4.69) is 5.32 Å². The normalized spacial score (nSPS) is 13.7. The third-order valence-corrected chi connectivity index (χ3v) is 5.54. The lowest BCUT2D eigenvalue weighted by Crippen LogP contribution is -2.23. The number of aryl methyl sites for hydroxylation is 3. The molecule has 1 aliphatic carbocycles. The lowest BCUT2D eigenvalue weighted by molar-refractivity contribution is -0.116. The van der Waals surface area contributed by atoms with Gasteiger partial charge in [0.15, 0.2) is 0 Å². The van der Waals surface area contributed by atoms with Crippen LogP contribution in [0.2, 0.25) is 0 Å². The number of ether oxygens (including phenoxy) is 1. The topological polar surface area (TPSA) is 51.2 Å². The molecule has 132 valence electrons. The molecule has 1 aliphatic rings. The quantitative estimate of drug-likeness (QED) is 0.803. The van der Waals surface area contributed by atoms with E-state index in [-0.39, 0.29) is 5.91 Å². The summed E-state index contributed by atoms with van der Waals surface area (Å²) >= 11 is 1.81. The maximum absolute atomic E-state index is 12.0. The largest absolute Gasteiger partial charge is 0.496 e. The minimum absolute atomic E-state index is 0.0927. The first kappa shape index (κ1) is 17.7. The Kier molecular flexibility index (Phi) is 5.87. The fraction of sp³-hybridized carbons (Fsp3) is 0.400. The molecule has 1 N–H and O–H groups in total. The summed E-state index contributed by atoms with van der Waals surface area (Å²) in [6, 6.07) is 5.91. The third-order valence-electron chi connectivity index (χ3n) is 4.33. The first-order valence-corrected chi connectivity index (χ1v) is 9.55. The van der Waals surface area contributed by atoms with E-state index in [1.807, 2.05) is 25.1 Å². The second-order valence-corrected chi connectivity index (χ2v) is 7.47. The number of fused-ring (bicyclic) bond motifs is 1. The van der Waals surface area contributed by atoms with Gasteiger partial charge in [0.05, 0.1) is 17.8 Å². The molecule has 1 aromatic heterocycles. The van der Waals surface area contributed by atoms with Crippen molar-refractivity contribution in [3.05, 3.63) is 51.0 Å². The number of hydrogen-bond acceptors (Lipinski definition) is 4. The number of nitrogens with zero attached hydrogens (tertiary/aromatic N) is 1. The van der Waals surface area contributed by atoms with Gasteiger partial charge < -0.3 is 10.1 Å². The Balaban J connectivity index is 1.51. The van der Waals surface area contributed by atoms with E-state index in [0.29, 0.717) is 6.54 Å². The molecule has 5 heteroatoms. The van der Waals surface area contributed by atoms with Crippen LogP contribution in [0.1, 0.15) is 39.5 Å². The van der Waals surface area contributed by atoms with Crippen LogP contribution in [0.3, 0.4) is 0 Å². The number of thiazole rings is 1. The molecule has 1 aromatic carbocycles. The van der Waals surface area contributed by atoms with Crippen molar-refractivity contribution < 1.29 is 9.53 Å². The Morgan fingerprint density at radius 3 is 3.00 bits per heavy atom. The molecule has 0 atom stereocenters. The van der Waals surface area contributed by atoms with Crippen LogP contribution < -0.4 is 10.1 Å². The Morgan fingerprint density at radius 2 is 2.20 bits per heavy atom. The number of carbonyl (C=O) groups is 1. The van der Waals surface area contributed by atoms with Gasteiger partial charge in [0.1, 0.15) is 5.75 Å². The Labute approximate surface area is 152 Å². The summed E-state index contributed by atoms with van der Waals surface area (Å²) in [5.74, 6) is 0.674. The fourth-order valence-corrected chi connectivity index (χ4v) is 4.17. The van der Waals surface area contributed by atoms with Crippen LogP contribution in [-0.4, -0.2) is 24.5 Å². The summed E-state index contributed by atoms with van der Waals surface area (Å²) in [7, 11) is 1.63. The molecule has 1 amide bonds. The molecule has 0 unspecified atom stereocenters. The molecule has 4 nitrogen and oxygen atoms in total. The molecular weight excluding hydrogens is 332 g/mol. The van der Waals surface area contributed by atoms with Crippen molar-refractivity contribution in [2.24, 2.45) is 0 Å². The average molecular weight is 356 g/mol. The van der Waals surface area contributed by atoms with Crippen molar-refractivity contribution >= 4 is 23.3 Å². The van der Waals surface area contributed by atoms with Gasteiger partial charge in [-0.3, -0.25) is 4.79 Å². The second kappa shape index (κ2) is 8.30. The standard InChI is InChI=1S/C20H24N2O2S/c1-14-7-9-17(24-2)15(13-14)8-10-19(23)21-12-11-20-22-16-5-3-4-6-18(16)25-20/h7-10,13H,3-6,11-12H2,1-2H3,(H,21,23)/b10-8+. The smallest absolute Gasteiger partial charge is 0.244 e. The van der Waals surface area contributed by atoms with Crippen LogP contribution in [0.5, 0.6) is 5.75 Å². The minimum Gasteiger partial charge on any atom is -0.496 e. The Bertz CT molecular complexity index is 756. The van der Waals surface area contributed by atoms with E-state index in [1.165, 1.54) is 29.8 Å². The predicted octanol–water partition coefficient (Wildman–Crippen LogP) is 3.71. The highest BCUT2D eigenvalue weighted by Gasteiger charge is 2.14. The summed E-state index contributed by atoms with van der Waals surface area (Å²) in [5.41, 5.74) is 3.32. The SMILES string of the molecule is COc1ccc(C)cc1/C=C/C(=O)NCCc1nc2c(s1)CCCC2. The highest BCUT2D eigenvalue weighted by Crippen LogP contribution is 2.26. The van der Waals surface area contributed by atoms with E-state index >= 15 is 0 Å². The Morgan fingerprint density at radius 1 is 1.36 bits per heavy atom. The number of hydrogen-bond donors (Lipinski definition) is 1. The van der Waals surface area contributed by atoms with Gasteiger partial charge in [0, 0.05) is 29.5 Å². The van der Waals surface area contributed by atoms with Gasteiger partial charge in [-0.25, -0.2) is 4.98 Å². The number of benzene rings is 1. The molecule has 0 radical (unpaired) electrons. The molecule has 0 bridgehead atoms.